The molecule has 0 bridgehead atoms. The summed E-state index contributed by atoms with van der Waals surface area (Å²) < 4.78 is 0. The summed E-state index contributed by atoms with van der Waals surface area (Å²) in [7, 11) is 0. The van der Waals surface area contributed by atoms with Gasteiger partial charge >= 0.3 is 0 Å². The number of aryl methyl sites for hydroxylation is 1. The molecule has 1 nitrogen and oxygen atoms in total. The van der Waals surface area contributed by atoms with Crippen LogP contribution in [0.2, 0.25) is 0 Å². The van der Waals surface area contributed by atoms with Crippen molar-refractivity contribution in [2.45, 2.75) is 44.9 Å². The summed E-state index contributed by atoms with van der Waals surface area (Å²) in [6, 6.07) is 57.0. The second-order valence-electron chi connectivity index (χ2n) is 14.8. The van der Waals surface area contributed by atoms with Gasteiger partial charge in [0, 0.05) is 22.5 Å². The van der Waals surface area contributed by atoms with Crippen LogP contribution in [0.1, 0.15) is 48.9 Å². The third kappa shape index (κ3) is 4.39. The number of anilines is 3. The van der Waals surface area contributed by atoms with Crippen LogP contribution in [0.15, 0.2) is 152 Å². The minimum atomic E-state index is -0.0810. The summed E-state index contributed by atoms with van der Waals surface area (Å²) in [5.41, 5.74) is 14.7. The fourth-order valence-electron chi connectivity index (χ4n) is 9.16. The fourth-order valence-corrected chi connectivity index (χ4v) is 9.16. The zero-order valence-electron chi connectivity index (χ0n) is 28.7. The summed E-state index contributed by atoms with van der Waals surface area (Å²) in [6.45, 7) is 4.74. The van der Waals surface area contributed by atoms with Crippen LogP contribution < -0.4 is 4.90 Å². The molecule has 0 spiro atoms. The van der Waals surface area contributed by atoms with Crippen molar-refractivity contribution in [3.63, 3.8) is 0 Å². The predicted octanol–water partition coefficient (Wildman–Crippen LogP) is 13.5. The van der Waals surface area contributed by atoms with Gasteiger partial charge in [0.15, 0.2) is 0 Å². The van der Waals surface area contributed by atoms with E-state index in [4.69, 9.17) is 0 Å². The van der Waals surface area contributed by atoms with E-state index in [9.17, 15) is 0 Å². The maximum absolute atomic E-state index is 2.47. The zero-order chi connectivity index (χ0) is 33.4. The number of rotatable bonds is 4. The van der Waals surface area contributed by atoms with Crippen LogP contribution in [0.4, 0.5) is 17.1 Å². The average Bonchev–Trinajstić information content (AvgIpc) is 3.40. The molecule has 0 fully saturated rings. The Morgan fingerprint density at radius 3 is 1.74 bits per heavy atom. The van der Waals surface area contributed by atoms with Crippen LogP contribution in [0.3, 0.4) is 0 Å². The second kappa shape index (κ2) is 11.2. The Morgan fingerprint density at radius 1 is 0.420 bits per heavy atom. The van der Waals surface area contributed by atoms with Gasteiger partial charge in [0.05, 0.1) is 0 Å². The molecule has 0 saturated heterocycles. The molecule has 0 aliphatic heterocycles. The number of hydrogen-bond acceptors (Lipinski definition) is 1. The Kier molecular flexibility index (Phi) is 6.55. The van der Waals surface area contributed by atoms with Crippen molar-refractivity contribution in [3.05, 3.63) is 174 Å². The van der Waals surface area contributed by atoms with E-state index in [1.807, 2.05) is 0 Å². The summed E-state index contributed by atoms with van der Waals surface area (Å²) in [6.07, 6.45) is 4.94. The van der Waals surface area contributed by atoms with Crippen molar-refractivity contribution in [3.8, 4) is 22.3 Å². The summed E-state index contributed by atoms with van der Waals surface area (Å²) in [5.74, 6) is 0. The monoisotopic (exact) mass is 641 g/mol. The highest BCUT2D eigenvalue weighted by molar-refractivity contribution is 6.25. The highest BCUT2D eigenvalue weighted by atomic mass is 15.1. The average molecular weight is 642 g/mol. The van der Waals surface area contributed by atoms with E-state index in [-0.39, 0.29) is 5.41 Å². The number of benzene rings is 8. The molecular weight excluding hydrogens is 603 g/mol. The van der Waals surface area contributed by atoms with Crippen LogP contribution in [-0.2, 0) is 18.3 Å². The minimum Gasteiger partial charge on any atom is -0.310 e. The topological polar surface area (TPSA) is 3.24 Å². The largest absolute Gasteiger partial charge is 0.310 e. The molecule has 2 aliphatic carbocycles. The Labute approximate surface area is 294 Å². The zero-order valence-corrected chi connectivity index (χ0v) is 28.7. The molecule has 0 amide bonds. The molecule has 0 N–H and O–H groups in total. The van der Waals surface area contributed by atoms with Gasteiger partial charge in [0.2, 0.25) is 0 Å². The molecule has 50 heavy (non-hydrogen) atoms. The normalized spacial score (nSPS) is 14.4. The summed E-state index contributed by atoms with van der Waals surface area (Å²) in [5, 5.41) is 7.76. The molecule has 0 atom stereocenters. The molecule has 0 radical (unpaired) electrons. The van der Waals surface area contributed by atoms with Crippen molar-refractivity contribution in [1.29, 1.82) is 0 Å². The SMILES string of the molecule is CC1(C)c2ccccc2-c2ccc(N(c3ccc(-c4cccc5c4CCCC5)cc3)c3ccc4c5ccccc5c5ccccc5c4c3)cc21. The number of fused-ring (bicyclic) bond motifs is 10. The van der Waals surface area contributed by atoms with E-state index >= 15 is 0 Å². The van der Waals surface area contributed by atoms with Gasteiger partial charge in [-0.1, -0.05) is 129 Å². The van der Waals surface area contributed by atoms with Crippen LogP contribution in [-0.4, -0.2) is 0 Å². The van der Waals surface area contributed by atoms with Gasteiger partial charge in [-0.15, -0.1) is 0 Å². The van der Waals surface area contributed by atoms with Crippen LogP contribution in [0.25, 0.3) is 54.6 Å². The van der Waals surface area contributed by atoms with Crippen molar-refractivity contribution in [2.24, 2.45) is 0 Å². The first-order valence-electron chi connectivity index (χ1n) is 18.2. The predicted molar refractivity (Wildman–Crippen MR) is 213 cm³/mol. The molecule has 0 aromatic heterocycles. The first kappa shape index (κ1) is 29.3. The molecular formula is C49H39N. The standard InChI is InChI=1S/C49H39N/c1-49(2)47-21-10-9-19-44(47)45-29-27-36(31-48(45)49)50(34-24-22-33(23-25-34)38-20-11-13-32-12-3-4-14-37(32)38)35-26-28-43-41-17-6-5-15-39(41)40-16-7-8-18-42(40)46(43)30-35/h5-11,13,15-31H,3-4,12,14H2,1-2H3. The third-order valence-electron chi connectivity index (χ3n) is 11.6. The lowest BCUT2D eigenvalue weighted by atomic mass is 9.82. The fraction of sp³-hybridized carbons (Fsp3) is 0.143. The van der Waals surface area contributed by atoms with Crippen LogP contribution in [0.5, 0.6) is 0 Å². The van der Waals surface area contributed by atoms with E-state index in [2.05, 4.69) is 170 Å². The molecule has 0 heterocycles. The van der Waals surface area contributed by atoms with E-state index in [0.29, 0.717) is 0 Å². The van der Waals surface area contributed by atoms with Gasteiger partial charge in [0.1, 0.15) is 0 Å². The number of hydrogen-bond donors (Lipinski definition) is 0. The maximum atomic E-state index is 2.47. The Balaban J connectivity index is 1.18. The lowest BCUT2D eigenvalue weighted by Crippen LogP contribution is -2.16. The lowest BCUT2D eigenvalue weighted by Gasteiger charge is -2.29. The Morgan fingerprint density at radius 2 is 0.980 bits per heavy atom. The van der Waals surface area contributed by atoms with Crippen LogP contribution >= 0.6 is 0 Å². The van der Waals surface area contributed by atoms with Gasteiger partial charge in [-0.3, -0.25) is 0 Å². The van der Waals surface area contributed by atoms with Gasteiger partial charge in [-0.25, -0.2) is 0 Å². The van der Waals surface area contributed by atoms with Gasteiger partial charge in [-0.05, 0) is 139 Å². The first-order chi connectivity index (χ1) is 24.6. The van der Waals surface area contributed by atoms with E-state index in [0.717, 1.165) is 11.4 Å². The molecule has 10 rings (SSSR count). The van der Waals surface area contributed by atoms with Crippen molar-refractivity contribution in [1.82, 2.24) is 0 Å². The van der Waals surface area contributed by atoms with Crippen molar-refractivity contribution in [2.75, 3.05) is 4.90 Å². The lowest BCUT2D eigenvalue weighted by molar-refractivity contribution is 0.660. The summed E-state index contributed by atoms with van der Waals surface area (Å²) in [4.78, 5) is 2.47. The molecule has 2 aliphatic rings. The number of nitrogens with zero attached hydrogens (tertiary/aromatic N) is 1. The first-order valence-corrected chi connectivity index (χ1v) is 18.2. The van der Waals surface area contributed by atoms with E-state index in [1.165, 1.54) is 108 Å². The molecule has 8 aromatic rings. The van der Waals surface area contributed by atoms with Crippen molar-refractivity contribution < 1.29 is 0 Å². The van der Waals surface area contributed by atoms with Crippen LogP contribution in [0, 0.1) is 0 Å². The molecule has 240 valence electrons. The molecule has 0 unspecified atom stereocenters. The third-order valence-corrected chi connectivity index (χ3v) is 11.6. The van der Waals surface area contributed by atoms with E-state index in [1.54, 1.807) is 0 Å². The molecule has 0 saturated carbocycles. The smallest absolute Gasteiger partial charge is 0.0468 e. The quantitative estimate of drug-likeness (QED) is 0.173. The molecule has 8 aromatic carbocycles. The summed E-state index contributed by atoms with van der Waals surface area (Å²) >= 11 is 0. The Bertz CT molecular complexity index is 2590. The highest BCUT2D eigenvalue weighted by Crippen LogP contribution is 2.51. The maximum Gasteiger partial charge on any atom is 0.0468 e. The minimum absolute atomic E-state index is 0.0810. The second-order valence-corrected chi connectivity index (χ2v) is 14.8. The van der Waals surface area contributed by atoms with Gasteiger partial charge in [-0.2, -0.15) is 0 Å². The van der Waals surface area contributed by atoms with Crippen molar-refractivity contribution >= 4 is 49.4 Å². The van der Waals surface area contributed by atoms with E-state index < -0.39 is 0 Å². The Hall–Kier alpha value is -5.66. The molecule has 1 heteroatoms. The van der Waals surface area contributed by atoms with Gasteiger partial charge < -0.3 is 4.90 Å². The van der Waals surface area contributed by atoms with Gasteiger partial charge in [0.25, 0.3) is 0 Å². The highest BCUT2D eigenvalue weighted by Gasteiger charge is 2.35.